The molecule has 0 radical (unpaired) electrons. The Bertz CT molecular complexity index is 1330. The van der Waals surface area contributed by atoms with Gasteiger partial charge < -0.3 is 14.8 Å². The highest BCUT2D eigenvalue weighted by molar-refractivity contribution is 6.04. The maximum absolute atomic E-state index is 13.7. The van der Waals surface area contributed by atoms with Gasteiger partial charge in [-0.1, -0.05) is 42.5 Å². The number of benzene rings is 2. The first-order chi connectivity index (χ1) is 17.5. The summed E-state index contributed by atoms with van der Waals surface area (Å²) in [5, 5.41) is 3.40. The lowest BCUT2D eigenvalue weighted by Crippen LogP contribution is -2.36. The van der Waals surface area contributed by atoms with Crippen molar-refractivity contribution in [3.63, 3.8) is 0 Å². The van der Waals surface area contributed by atoms with Gasteiger partial charge in [0.25, 0.3) is 0 Å². The van der Waals surface area contributed by atoms with Gasteiger partial charge in [0.1, 0.15) is 12.4 Å². The van der Waals surface area contributed by atoms with Crippen LogP contribution in [0.4, 0.5) is 0 Å². The number of pyridine rings is 1. The van der Waals surface area contributed by atoms with Crippen LogP contribution in [0, 0.1) is 0 Å². The summed E-state index contributed by atoms with van der Waals surface area (Å²) in [7, 11) is 1.64. The van der Waals surface area contributed by atoms with Crippen LogP contribution in [0.15, 0.2) is 102 Å². The van der Waals surface area contributed by atoms with Crippen molar-refractivity contribution in [2.24, 2.45) is 0 Å². The minimum atomic E-state index is -0.503. The molecule has 36 heavy (non-hydrogen) atoms. The van der Waals surface area contributed by atoms with Gasteiger partial charge in [-0.05, 0) is 60.2 Å². The van der Waals surface area contributed by atoms with Crippen LogP contribution in [0.2, 0.25) is 0 Å². The normalized spacial score (nSPS) is 19.4. The zero-order chi connectivity index (χ0) is 25.1. The van der Waals surface area contributed by atoms with E-state index in [1.54, 1.807) is 19.5 Å². The van der Waals surface area contributed by atoms with Crippen LogP contribution in [-0.4, -0.2) is 23.8 Å². The predicted molar refractivity (Wildman–Crippen MR) is 136 cm³/mol. The van der Waals surface area contributed by atoms with Crippen molar-refractivity contribution in [1.82, 2.24) is 10.3 Å². The Hall–Kier alpha value is -4.19. The molecule has 0 saturated carbocycles. The van der Waals surface area contributed by atoms with E-state index in [0.717, 1.165) is 28.1 Å². The van der Waals surface area contributed by atoms with Gasteiger partial charge in [-0.15, -0.1) is 0 Å². The molecule has 0 amide bonds. The number of nitrogens with zero attached hydrogens (tertiary/aromatic N) is 1. The summed E-state index contributed by atoms with van der Waals surface area (Å²) in [6, 6.07) is 21.2. The van der Waals surface area contributed by atoms with Crippen LogP contribution in [0.5, 0.6) is 5.75 Å². The average molecular weight is 481 g/mol. The molecule has 2 aliphatic rings. The molecule has 1 aliphatic heterocycles. The third-order valence-electron chi connectivity index (χ3n) is 6.89. The Morgan fingerprint density at radius 2 is 1.69 bits per heavy atom. The average Bonchev–Trinajstić information content (AvgIpc) is 2.92. The van der Waals surface area contributed by atoms with Gasteiger partial charge in [0.2, 0.25) is 0 Å². The topological polar surface area (TPSA) is 77.5 Å². The van der Waals surface area contributed by atoms with Gasteiger partial charge >= 0.3 is 5.97 Å². The van der Waals surface area contributed by atoms with Crippen molar-refractivity contribution in [1.29, 1.82) is 0 Å². The van der Waals surface area contributed by atoms with E-state index in [0.29, 0.717) is 29.7 Å². The van der Waals surface area contributed by atoms with Crippen molar-refractivity contribution in [2.45, 2.75) is 38.2 Å². The van der Waals surface area contributed by atoms with Crippen LogP contribution < -0.4 is 10.1 Å². The number of nitrogens with one attached hydrogen (secondary N) is 1. The van der Waals surface area contributed by atoms with E-state index in [9.17, 15) is 9.59 Å². The number of rotatable bonds is 6. The molecule has 1 N–H and O–H groups in total. The van der Waals surface area contributed by atoms with Crippen molar-refractivity contribution in [2.75, 3.05) is 7.11 Å². The molecular weight excluding hydrogens is 452 g/mol. The fraction of sp³-hybridized carbons (Fsp3) is 0.233. The first kappa shape index (κ1) is 23.5. The molecule has 5 rings (SSSR count). The van der Waals surface area contributed by atoms with Gasteiger partial charge in [-0.2, -0.15) is 0 Å². The second-order valence-corrected chi connectivity index (χ2v) is 9.13. The lowest BCUT2D eigenvalue weighted by atomic mass is 9.72. The zero-order valence-electron chi connectivity index (χ0n) is 20.4. The van der Waals surface area contributed by atoms with E-state index in [4.69, 9.17) is 9.47 Å². The summed E-state index contributed by atoms with van der Waals surface area (Å²) < 4.78 is 11.0. The molecular formula is C30H28N2O4. The van der Waals surface area contributed by atoms with Crippen LogP contribution in [-0.2, 0) is 20.9 Å². The van der Waals surface area contributed by atoms with Gasteiger partial charge in [0.05, 0.1) is 12.7 Å². The molecule has 0 saturated heterocycles. The monoisotopic (exact) mass is 480 g/mol. The Balaban J connectivity index is 1.48. The summed E-state index contributed by atoms with van der Waals surface area (Å²) in [4.78, 5) is 31.2. The number of Topliss-reactive ketones (excluding diaryl/α,β-unsaturated/α-hetero) is 1. The molecule has 6 nitrogen and oxygen atoms in total. The maximum Gasteiger partial charge on any atom is 0.337 e. The molecule has 182 valence electrons. The summed E-state index contributed by atoms with van der Waals surface area (Å²) in [5.74, 6) is -0.0646. The number of carbonyl (C=O) groups is 2. The Kier molecular flexibility index (Phi) is 6.67. The maximum atomic E-state index is 13.7. The Morgan fingerprint density at radius 1 is 0.972 bits per heavy atom. The number of hydrogen-bond donors (Lipinski definition) is 1. The van der Waals surface area contributed by atoms with Crippen LogP contribution in [0.1, 0.15) is 48.3 Å². The van der Waals surface area contributed by atoms with E-state index in [1.165, 1.54) is 0 Å². The fourth-order valence-corrected chi connectivity index (χ4v) is 5.11. The predicted octanol–water partition coefficient (Wildman–Crippen LogP) is 5.20. The molecule has 0 bridgehead atoms. The molecule has 3 aromatic rings. The molecule has 0 spiro atoms. The quantitative estimate of drug-likeness (QED) is 0.489. The molecule has 6 heteroatoms. The molecule has 2 atom stereocenters. The largest absolute Gasteiger partial charge is 0.497 e. The molecule has 0 fully saturated rings. The second-order valence-electron chi connectivity index (χ2n) is 9.13. The smallest absolute Gasteiger partial charge is 0.337 e. The second kappa shape index (κ2) is 10.2. The summed E-state index contributed by atoms with van der Waals surface area (Å²) in [6.45, 7) is 2.04. The lowest BCUT2D eigenvalue weighted by Gasteiger charge is -2.36. The number of carbonyl (C=O) groups excluding carboxylic acids is 2. The standard InChI is InChI=1S/C30H28N2O4/c1-19-27(30(34)36-18-20-6-4-3-5-7-20)28(22-12-14-31-15-13-22)29-25(32-19)16-23(17-26(29)33)21-8-10-24(35-2)11-9-21/h3-15,23,28,32H,16-18H2,1-2H3/t23-,28-/m1/s1. The van der Waals surface area contributed by atoms with Crippen molar-refractivity contribution in [3.8, 4) is 5.75 Å². The lowest BCUT2D eigenvalue weighted by molar-refractivity contribution is -0.140. The number of ketones is 1. The number of ether oxygens (including phenoxy) is 2. The highest BCUT2D eigenvalue weighted by Crippen LogP contribution is 2.45. The van der Waals surface area contributed by atoms with E-state index >= 15 is 0 Å². The van der Waals surface area contributed by atoms with E-state index < -0.39 is 11.9 Å². The Labute approximate surface area is 210 Å². The molecule has 2 heterocycles. The number of aromatic nitrogens is 1. The molecule has 1 aromatic heterocycles. The minimum absolute atomic E-state index is 0.0345. The zero-order valence-corrected chi connectivity index (χ0v) is 20.4. The van der Waals surface area contributed by atoms with Crippen molar-refractivity contribution in [3.05, 3.63) is 118 Å². The first-order valence-electron chi connectivity index (χ1n) is 12.0. The summed E-state index contributed by atoms with van der Waals surface area (Å²) >= 11 is 0. The molecule has 1 aliphatic carbocycles. The molecule has 0 unspecified atom stereocenters. The number of dihydropyridines is 1. The minimum Gasteiger partial charge on any atom is -0.497 e. The fourth-order valence-electron chi connectivity index (χ4n) is 5.11. The summed E-state index contributed by atoms with van der Waals surface area (Å²) in [5.41, 5.74) is 5.52. The third kappa shape index (κ3) is 4.67. The SMILES string of the molecule is COc1ccc([C@H]2CC(=O)C3=C(C2)NC(C)=C(C(=O)OCc2ccccc2)[C@H]3c2ccncc2)cc1. The number of allylic oxidation sites excluding steroid dienone is 3. The van der Waals surface area contributed by atoms with E-state index in [1.807, 2.05) is 73.7 Å². The summed E-state index contributed by atoms with van der Waals surface area (Å²) in [6.07, 6.45) is 4.43. The third-order valence-corrected chi connectivity index (χ3v) is 6.89. The molecule has 2 aromatic carbocycles. The van der Waals surface area contributed by atoms with Crippen molar-refractivity contribution >= 4 is 11.8 Å². The van der Waals surface area contributed by atoms with Gasteiger partial charge in [-0.25, -0.2) is 4.79 Å². The van der Waals surface area contributed by atoms with E-state index in [-0.39, 0.29) is 18.3 Å². The van der Waals surface area contributed by atoms with Crippen LogP contribution >= 0.6 is 0 Å². The van der Waals surface area contributed by atoms with Crippen LogP contribution in [0.3, 0.4) is 0 Å². The van der Waals surface area contributed by atoms with E-state index in [2.05, 4.69) is 10.3 Å². The highest BCUT2D eigenvalue weighted by Gasteiger charge is 2.41. The highest BCUT2D eigenvalue weighted by atomic mass is 16.5. The first-order valence-corrected chi connectivity index (χ1v) is 12.0. The number of methoxy groups -OCH3 is 1. The van der Waals surface area contributed by atoms with Crippen LogP contribution in [0.25, 0.3) is 0 Å². The van der Waals surface area contributed by atoms with Crippen molar-refractivity contribution < 1.29 is 19.1 Å². The van der Waals surface area contributed by atoms with Gasteiger partial charge in [-0.3, -0.25) is 9.78 Å². The van der Waals surface area contributed by atoms with Gasteiger partial charge in [0.15, 0.2) is 5.78 Å². The number of esters is 1. The van der Waals surface area contributed by atoms with Gasteiger partial charge in [0, 0.05) is 41.7 Å². The Morgan fingerprint density at radius 3 is 2.39 bits per heavy atom. The number of hydrogen-bond acceptors (Lipinski definition) is 6.